The highest BCUT2D eigenvalue weighted by molar-refractivity contribution is 7.89. The molecule has 1 N–H and O–H groups in total. The number of anilines is 1. The molecule has 1 aromatic heterocycles. The molecule has 8 heteroatoms. The van der Waals surface area contributed by atoms with Crippen LogP contribution < -0.4 is 5.32 Å². The van der Waals surface area contributed by atoms with E-state index in [-0.39, 0.29) is 5.91 Å². The number of benzene rings is 2. The van der Waals surface area contributed by atoms with Gasteiger partial charge in [-0.2, -0.15) is 4.31 Å². The van der Waals surface area contributed by atoms with Crippen LogP contribution in [0.5, 0.6) is 0 Å². The largest absolute Gasteiger partial charge is 0.298 e. The number of aryl methyl sites for hydroxylation is 1. The first kappa shape index (κ1) is 19.8. The average Bonchev–Trinajstić information content (AvgIpc) is 3.41. The van der Waals surface area contributed by atoms with Crippen LogP contribution in [0, 0.1) is 6.92 Å². The van der Waals surface area contributed by atoms with Crippen LogP contribution in [-0.4, -0.2) is 36.7 Å². The quantitative estimate of drug-likeness (QED) is 0.663. The van der Waals surface area contributed by atoms with Crippen LogP contribution in [0.1, 0.15) is 28.8 Å². The van der Waals surface area contributed by atoms with Crippen molar-refractivity contribution in [1.29, 1.82) is 0 Å². The molecule has 6 nitrogen and oxygen atoms in total. The van der Waals surface area contributed by atoms with E-state index in [9.17, 15) is 13.2 Å². The second-order valence-corrected chi connectivity index (χ2v) is 9.74. The number of amides is 1. The maximum atomic E-state index is 12.6. The van der Waals surface area contributed by atoms with Crippen LogP contribution in [0.4, 0.5) is 5.13 Å². The third kappa shape index (κ3) is 4.10. The van der Waals surface area contributed by atoms with Crippen molar-refractivity contribution in [3.63, 3.8) is 0 Å². The molecule has 1 aliphatic heterocycles. The minimum atomic E-state index is -3.42. The SMILES string of the molecule is Cc1ccccc1C(=O)Nc1nc(-c2ccc(S(=O)(=O)N3CCCC3)cc2)cs1. The molecule has 0 atom stereocenters. The fourth-order valence-corrected chi connectivity index (χ4v) is 5.56. The summed E-state index contributed by atoms with van der Waals surface area (Å²) in [6.07, 6.45) is 1.82. The topological polar surface area (TPSA) is 79.4 Å². The fraction of sp³-hybridized carbons (Fsp3) is 0.238. The average molecular weight is 428 g/mol. The zero-order valence-corrected chi connectivity index (χ0v) is 17.6. The van der Waals surface area contributed by atoms with Crippen molar-refractivity contribution < 1.29 is 13.2 Å². The highest BCUT2D eigenvalue weighted by atomic mass is 32.2. The Morgan fingerprint density at radius 1 is 1.07 bits per heavy atom. The maximum absolute atomic E-state index is 12.6. The number of carbonyl (C=O) groups excluding carboxylic acids is 1. The predicted octanol–water partition coefficient (Wildman–Crippen LogP) is 4.16. The van der Waals surface area contributed by atoms with Crippen molar-refractivity contribution in [2.75, 3.05) is 18.4 Å². The second kappa shape index (κ2) is 8.06. The molecule has 0 saturated carbocycles. The van der Waals surface area contributed by atoms with Gasteiger partial charge in [0.25, 0.3) is 5.91 Å². The minimum Gasteiger partial charge on any atom is -0.298 e. The molecule has 2 heterocycles. The maximum Gasteiger partial charge on any atom is 0.257 e. The highest BCUT2D eigenvalue weighted by Gasteiger charge is 2.27. The van der Waals surface area contributed by atoms with E-state index in [0.717, 1.165) is 24.0 Å². The molecule has 0 radical (unpaired) electrons. The van der Waals surface area contributed by atoms with Crippen molar-refractivity contribution in [3.05, 3.63) is 65.0 Å². The van der Waals surface area contributed by atoms with Gasteiger partial charge in [-0.3, -0.25) is 10.1 Å². The molecule has 4 rings (SSSR count). The van der Waals surface area contributed by atoms with Gasteiger partial charge in [0.15, 0.2) is 5.13 Å². The van der Waals surface area contributed by atoms with Crippen LogP contribution in [-0.2, 0) is 10.0 Å². The van der Waals surface area contributed by atoms with Crippen molar-refractivity contribution in [3.8, 4) is 11.3 Å². The molecule has 2 aromatic carbocycles. The lowest BCUT2D eigenvalue weighted by Crippen LogP contribution is -2.27. The van der Waals surface area contributed by atoms with Gasteiger partial charge in [-0.05, 0) is 43.5 Å². The summed E-state index contributed by atoms with van der Waals surface area (Å²) in [6.45, 7) is 3.06. The van der Waals surface area contributed by atoms with E-state index in [1.165, 1.54) is 15.6 Å². The molecule has 1 aliphatic rings. The van der Waals surface area contributed by atoms with E-state index >= 15 is 0 Å². The van der Waals surface area contributed by atoms with E-state index in [0.29, 0.717) is 34.4 Å². The fourth-order valence-electron chi connectivity index (χ4n) is 3.33. The minimum absolute atomic E-state index is 0.198. The Morgan fingerprint density at radius 3 is 2.45 bits per heavy atom. The summed E-state index contributed by atoms with van der Waals surface area (Å²) >= 11 is 1.33. The van der Waals surface area contributed by atoms with Gasteiger partial charge >= 0.3 is 0 Å². The summed E-state index contributed by atoms with van der Waals surface area (Å²) in [5.41, 5.74) is 3.01. The predicted molar refractivity (Wildman–Crippen MR) is 115 cm³/mol. The Morgan fingerprint density at radius 2 is 1.76 bits per heavy atom. The molecular weight excluding hydrogens is 406 g/mol. The lowest BCUT2D eigenvalue weighted by Gasteiger charge is -2.15. The standard InChI is InChI=1S/C21H21N3O3S2/c1-15-6-2-3-7-18(15)20(25)23-21-22-19(14-28-21)16-8-10-17(11-9-16)29(26,27)24-12-4-5-13-24/h2-3,6-11,14H,4-5,12-13H2,1H3,(H,22,23,25). The molecule has 3 aromatic rings. The number of nitrogens with zero attached hydrogens (tertiary/aromatic N) is 2. The number of rotatable bonds is 5. The van der Waals surface area contributed by atoms with Gasteiger partial charge < -0.3 is 0 Å². The molecule has 1 amide bonds. The van der Waals surface area contributed by atoms with Crippen molar-refractivity contribution in [2.45, 2.75) is 24.7 Å². The highest BCUT2D eigenvalue weighted by Crippen LogP contribution is 2.28. The molecule has 29 heavy (non-hydrogen) atoms. The van der Waals surface area contributed by atoms with Gasteiger partial charge in [0.1, 0.15) is 0 Å². The normalized spacial score (nSPS) is 14.8. The van der Waals surface area contributed by atoms with Gasteiger partial charge in [0, 0.05) is 29.6 Å². The van der Waals surface area contributed by atoms with Gasteiger partial charge in [-0.25, -0.2) is 13.4 Å². The molecule has 0 bridgehead atoms. The van der Waals surface area contributed by atoms with Crippen molar-refractivity contribution >= 4 is 32.4 Å². The number of nitrogens with one attached hydrogen (secondary N) is 1. The number of hydrogen-bond acceptors (Lipinski definition) is 5. The lowest BCUT2D eigenvalue weighted by molar-refractivity contribution is 0.102. The van der Waals surface area contributed by atoms with E-state index in [1.54, 1.807) is 30.3 Å². The number of hydrogen-bond donors (Lipinski definition) is 1. The zero-order valence-electron chi connectivity index (χ0n) is 16.0. The summed E-state index contributed by atoms with van der Waals surface area (Å²) in [4.78, 5) is 17.2. The summed E-state index contributed by atoms with van der Waals surface area (Å²) in [7, 11) is -3.42. The first-order valence-electron chi connectivity index (χ1n) is 9.38. The van der Waals surface area contributed by atoms with Crippen LogP contribution in [0.25, 0.3) is 11.3 Å². The lowest BCUT2D eigenvalue weighted by atomic mass is 10.1. The second-order valence-electron chi connectivity index (χ2n) is 6.94. The van der Waals surface area contributed by atoms with Gasteiger partial charge in [0.05, 0.1) is 10.6 Å². The Balaban J connectivity index is 1.49. The molecule has 150 valence electrons. The number of aromatic nitrogens is 1. The Bertz CT molecular complexity index is 1130. The monoisotopic (exact) mass is 427 g/mol. The van der Waals surface area contributed by atoms with E-state index in [2.05, 4.69) is 10.3 Å². The molecule has 0 aliphatic carbocycles. The van der Waals surface area contributed by atoms with Gasteiger partial charge in [0.2, 0.25) is 10.0 Å². The first-order chi connectivity index (χ1) is 13.9. The third-order valence-corrected chi connectivity index (χ3v) is 7.64. The van der Waals surface area contributed by atoms with Gasteiger partial charge in [-0.15, -0.1) is 11.3 Å². The zero-order chi connectivity index (χ0) is 20.4. The van der Waals surface area contributed by atoms with Crippen LogP contribution in [0.15, 0.2) is 58.8 Å². The summed E-state index contributed by atoms with van der Waals surface area (Å²) in [5.74, 6) is -0.198. The molecule has 1 saturated heterocycles. The Labute approximate surface area is 174 Å². The molecule has 1 fully saturated rings. The number of thiazole rings is 1. The van der Waals surface area contributed by atoms with E-state index in [4.69, 9.17) is 0 Å². The Kier molecular flexibility index (Phi) is 5.49. The smallest absolute Gasteiger partial charge is 0.257 e. The van der Waals surface area contributed by atoms with E-state index < -0.39 is 10.0 Å². The van der Waals surface area contributed by atoms with Crippen molar-refractivity contribution in [1.82, 2.24) is 9.29 Å². The summed E-state index contributed by atoms with van der Waals surface area (Å²) in [5, 5.41) is 5.17. The first-order valence-corrected chi connectivity index (χ1v) is 11.7. The summed E-state index contributed by atoms with van der Waals surface area (Å²) < 4.78 is 26.8. The van der Waals surface area contributed by atoms with Crippen LogP contribution in [0.3, 0.4) is 0 Å². The van der Waals surface area contributed by atoms with E-state index in [1.807, 2.05) is 30.5 Å². The van der Waals surface area contributed by atoms with Crippen molar-refractivity contribution in [2.24, 2.45) is 0 Å². The molecular formula is C21H21N3O3S2. The number of sulfonamides is 1. The number of carbonyl (C=O) groups is 1. The van der Waals surface area contributed by atoms with Gasteiger partial charge in [-0.1, -0.05) is 30.3 Å². The molecule has 0 spiro atoms. The third-order valence-electron chi connectivity index (χ3n) is 4.97. The Hall–Kier alpha value is -2.55. The molecule has 0 unspecified atom stereocenters. The van der Waals surface area contributed by atoms with Crippen LogP contribution >= 0.6 is 11.3 Å². The summed E-state index contributed by atoms with van der Waals surface area (Å²) in [6, 6.07) is 14.1. The van der Waals surface area contributed by atoms with Crippen LogP contribution in [0.2, 0.25) is 0 Å².